The smallest absolute Gasteiger partial charge is 0.255 e. The molecule has 3 aliphatic carbocycles. The Hall–Kier alpha value is -3.41. The van der Waals surface area contributed by atoms with E-state index in [-0.39, 0.29) is 29.7 Å². The lowest BCUT2D eigenvalue weighted by molar-refractivity contribution is -0.148. The zero-order chi connectivity index (χ0) is 28.5. The number of aliphatic hydroxyl groups excluding tert-OH is 2. The van der Waals surface area contributed by atoms with Crippen LogP contribution in [-0.2, 0) is 22.6 Å². The molecule has 1 amide bonds. The Morgan fingerprint density at radius 1 is 1.13 bits per heavy atom. The number of hydrogen-bond acceptors (Lipinski definition) is 10. The summed E-state index contributed by atoms with van der Waals surface area (Å²) in [5.74, 6) is -6.38. The molecule has 1 aromatic carbocycles. The maximum atomic E-state index is 14.1. The molecular formula is C28H36N4O7. The first kappa shape index (κ1) is 27.2. The van der Waals surface area contributed by atoms with Gasteiger partial charge in [-0.05, 0) is 70.4 Å². The highest BCUT2D eigenvalue weighted by molar-refractivity contribution is 6.24. The van der Waals surface area contributed by atoms with Gasteiger partial charge in [-0.2, -0.15) is 0 Å². The lowest BCUT2D eigenvalue weighted by Crippen LogP contribution is -2.63. The maximum absolute atomic E-state index is 14.1. The minimum atomic E-state index is -2.64. The molecule has 0 bridgehead atoms. The average molecular weight is 541 g/mol. The first-order valence-electron chi connectivity index (χ1n) is 13.2. The number of phenols is 1. The lowest BCUT2D eigenvalue weighted by Gasteiger charge is -2.50. The molecule has 0 spiro atoms. The third kappa shape index (κ3) is 3.86. The van der Waals surface area contributed by atoms with E-state index < -0.39 is 58.0 Å². The molecule has 210 valence electrons. The van der Waals surface area contributed by atoms with Crippen LogP contribution in [0.3, 0.4) is 0 Å². The summed E-state index contributed by atoms with van der Waals surface area (Å²) in [6.07, 6.45) is 2.45. The molecule has 4 atom stereocenters. The average Bonchev–Trinajstić information content (AvgIpc) is 3.35. The Morgan fingerprint density at radius 3 is 2.33 bits per heavy atom. The fraction of sp³-hybridized carbons (Fsp3) is 0.536. The molecule has 4 aliphatic rings. The molecule has 0 aromatic heterocycles. The molecule has 5 rings (SSSR count). The van der Waals surface area contributed by atoms with Crippen molar-refractivity contribution in [3.8, 4) is 5.75 Å². The largest absolute Gasteiger partial charge is 0.510 e. The zero-order valence-electron chi connectivity index (χ0n) is 22.7. The summed E-state index contributed by atoms with van der Waals surface area (Å²) in [7, 11) is 6.93. The van der Waals surface area contributed by atoms with Crippen LogP contribution < -0.4 is 10.6 Å². The van der Waals surface area contributed by atoms with Crippen molar-refractivity contribution in [1.82, 2.24) is 9.80 Å². The summed E-state index contributed by atoms with van der Waals surface area (Å²) in [6, 6.07) is 0.883. The quantitative estimate of drug-likeness (QED) is 0.337. The topological polar surface area (TPSA) is 168 Å². The molecule has 1 fully saturated rings. The molecule has 1 heterocycles. The number of benzene rings is 1. The molecule has 1 aliphatic heterocycles. The number of Topliss-reactive ketones (excluding diaryl/α,β-unsaturated/α-hetero) is 2. The number of fused-ring (bicyclic) bond motifs is 3. The van der Waals surface area contributed by atoms with Gasteiger partial charge in [-0.3, -0.25) is 24.2 Å². The number of carbonyl (C=O) groups is 3. The fourth-order valence-corrected chi connectivity index (χ4v) is 7.05. The van der Waals surface area contributed by atoms with E-state index in [2.05, 4.69) is 4.90 Å². The van der Waals surface area contributed by atoms with Crippen molar-refractivity contribution in [1.29, 1.82) is 0 Å². The van der Waals surface area contributed by atoms with Crippen molar-refractivity contribution in [3.05, 3.63) is 45.4 Å². The van der Waals surface area contributed by atoms with E-state index in [0.29, 0.717) is 17.7 Å². The summed E-state index contributed by atoms with van der Waals surface area (Å²) in [6.45, 7) is 2.24. The highest BCUT2D eigenvalue weighted by atomic mass is 16.3. The van der Waals surface area contributed by atoms with Gasteiger partial charge in [0.1, 0.15) is 22.8 Å². The Bertz CT molecular complexity index is 1340. The normalized spacial score (nSPS) is 29.0. The van der Waals surface area contributed by atoms with Crippen molar-refractivity contribution >= 4 is 23.2 Å². The number of anilines is 1. The second-order valence-corrected chi connectivity index (χ2v) is 11.6. The van der Waals surface area contributed by atoms with Gasteiger partial charge in [-0.25, -0.2) is 0 Å². The Morgan fingerprint density at radius 2 is 1.77 bits per heavy atom. The van der Waals surface area contributed by atoms with Crippen LogP contribution in [-0.4, -0.2) is 101 Å². The molecule has 4 unspecified atom stereocenters. The van der Waals surface area contributed by atoms with Crippen LogP contribution in [0.1, 0.15) is 40.7 Å². The number of nitrogens with two attached hydrogens (primary N) is 1. The van der Waals surface area contributed by atoms with Crippen LogP contribution >= 0.6 is 0 Å². The Balaban J connectivity index is 1.69. The van der Waals surface area contributed by atoms with E-state index in [0.717, 1.165) is 31.6 Å². The highest BCUT2D eigenvalue weighted by Crippen LogP contribution is 2.53. The predicted octanol–water partition coefficient (Wildman–Crippen LogP) is 0.782. The van der Waals surface area contributed by atoms with Crippen molar-refractivity contribution in [2.45, 2.75) is 43.9 Å². The molecule has 0 saturated carbocycles. The number of aliphatic hydroxyl groups is 3. The maximum Gasteiger partial charge on any atom is 0.255 e. The predicted molar refractivity (Wildman–Crippen MR) is 143 cm³/mol. The Kier molecular flexibility index (Phi) is 6.52. The van der Waals surface area contributed by atoms with Gasteiger partial charge in [0.15, 0.2) is 11.4 Å². The van der Waals surface area contributed by atoms with E-state index in [9.17, 15) is 34.8 Å². The summed E-state index contributed by atoms with van der Waals surface area (Å²) < 4.78 is 0. The fourth-order valence-electron chi connectivity index (χ4n) is 7.05. The number of hydrogen-bond donors (Lipinski definition) is 5. The van der Waals surface area contributed by atoms with E-state index in [4.69, 9.17) is 5.73 Å². The minimum Gasteiger partial charge on any atom is -0.510 e. The number of phenolic OH excluding ortho intramolecular Hbond substituents is 1. The lowest BCUT2D eigenvalue weighted by atomic mass is 9.58. The molecule has 1 aromatic rings. The number of primary amides is 1. The van der Waals surface area contributed by atoms with E-state index in [1.165, 1.54) is 0 Å². The number of amides is 1. The summed E-state index contributed by atoms with van der Waals surface area (Å²) in [5, 5.41) is 45.5. The van der Waals surface area contributed by atoms with Crippen LogP contribution in [0.25, 0.3) is 0 Å². The number of ketones is 2. The second-order valence-electron chi connectivity index (χ2n) is 11.6. The third-order valence-corrected chi connectivity index (χ3v) is 8.85. The van der Waals surface area contributed by atoms with Crippen molar-refractivity contribution in [3.63, 3.8) is 0 Å². The molecule has 1 saturated heterocycles. The van der Waals surface area contributed by atoms with Gasteiger partial charge in [-0.15, -0.1) is 0 Å². The van der Waals surface area contributed by atoms with Crippen LogP contribution in [0.15, 0.2) is 28.7 Å². The molecule has 39 heavy (non-hydrogen) atoms. The Labute approximate surface area is 226 Å². The number of allylic oxidation sites excluding steroid dienone is 1. The molecule has 11 nitrogen and oxygen atoms in total. The highest BCUT2D eigenvalue weighted by Gasteiger charge is 2.63. The number of likely N-dealkylation sites (N-methyl/N-ethyl adjacent to an activating group) is 1. The van der Waals surface area contributed by atoms with Crippen LogP contribution in [0.4, 0.5) is 5.69 Å². The van der Waals surface area contributed by atoms with Gasteiger partial charge < -0.3 is 31.1 Å². The zero-order valence-corrected chi connectivity index (χ0v) is 22.7. The van der Waals surface area contributed by atoms with Gasteiger partial charge in [0.05, 0.1) is 11.6 Å². The molecule has 6 N–H and O–H groups in total. The monoisotopic (exact) mass is 540 g/mol. The van der Waals surface area contributed by atoms with E-state index in [1.807, 2.05) is 25.1 Å². The van der Waals surface area contributed by atoms with Gasteiger partial charge in [0, 0.05) is 43.4 Å². The summed E-state index contributed by atoms with van der Waals surface area (Å²) in [5.41, 5.74) is 3.83. The first-order chi connectivity index (χ1) is 18.3. The van der Waals surface area contributed by atoms with Gasteiger partial charge in [0.2, 0.25) is 5.78 Å². The number of nitrogens with zero attached hydrogens (tertiary/aromatic N) is 3. The number of aromatic hydroxyl groups is 1. The summed E-state index contributed by atoms with van der Waals surface area (Å²) in [4.78, 5) is 45.3. The van der Waals surface area contributed by atoms with Gasteiger partial charge in [0.25, 0.3) is 5.91 Å². The summed E-state index contributed by atoms with van der Waals surface area (Å²) >= 11 is 0. The second kappa shape index (κ2) is 9.35. The van der Waals surface area contributed by atoms with Crippen molar-refractivity contribution < 1.29 is 34.8 Å². The minimum absolute atomic E-state index is 0.0520. The number of rotatable bonds is 5. The molecule has 11 heteroatoms. The standard InChI is InChI=1S/C28H36N4O7/c1-30(2)17-11-14(12-32-7-5-6-8-32)22(33)19-15(17)9-13-10-16-21(31(3)4)24(35)20(27(29)38)26(37)28(16,39)25(36)18(13)23(19)34/h11,13,16,21,33,35-36,39H,5-10,12H2,1-4H3,(H2,29,38). The van der Waals surface area contributed by atoms with Crippen molar-refractivity contribution in [2.75, 3.05) is 46.2 Å². The SMILES string of the molecule is CN(C)c1cc(CN2CCCC2)c(O)c2c1CC1CC3C(N(C)C)C(O)=C(C(N)=O)C(=O)C3(O)C(O)=C1C2=O. The van der Waals surface area contributed by atoms with E-state index in [1.54, 1.807) is 19.0 Å². The van der Waals surface area contributed by atoms with Crippen molar-refractivity contribution in [2.24, 2.45) is 17.6 Å². The third-order valence-electron chi connectivity index (χ3n) is 8.85. The van der Waals surface area contributed by atoms with Crippen LogP contribution in [0, 0.1) is 11.8 Å². The van der Waals surface area contributed by atoms with E-state index >= 15 is 0 Å². The van der Waals surface area contributed by atoms with Crippen LogP contribution in [0.2, 0.25) is 0 Å². The van der Waals surface area contributed by atoms with Gasteiger partial charge in [-0.1, -0.05) is 0 Å². The number of carbonyl (C=O) groups excluding carboxylic acids is 3. The van der Waals surface area contributed by atoms with Crippen LogP contribution in [0.5, 0.6) is 5.75 Å². The van der Waals surface area contributed by atoms with Gasteiger partial charge >= 0.3 is 0 Å². The first-order valence-corrected chi connectivity index (χ1v) is 13.2. The number of likely N-dealkylation sites (tertiary alicyclic amines) is 1. The molecule has 0 radical (unpaired) electrons. The molecular weight excluding hydrogens is 504 g/mol.